The van der Waals surface area contributed by atoms with Crippen LogP contribution in [0.15, 0.2) is 23.1 Å². The van der Waals surface area contributed by atoms with E-state index in [9.17, 15) is 18.3 Å². The first-order valence-corrected chi connectivity index (χ1v) is 8.69. The molecule has 0 aromatic heterocycles. The zero-order chi connectivity index (χ0) is 15.7. The zero-order valence-electron chi connectivity index (χ0n) is 11.1. The van der Waals surface area contributed by atoms with Gasteiger partial charge in [0.05, 0.1) is 15.5 Å². The number of sulfonamides is 1. The summed E-state index contributed by atoms with van der Waals surface area (Å²) in [6.07, 6.45) is 2.50. The van der Waals surface area contributed by atoms with Crippen molar-refractivity contribution in [2.75, 3.05) is 6.54 Å². The highest BCUT2D eigenvalue weighted by Crippen LogP contribution is 2.38. The summed E-state index contributed by atoms with van der Waals surface area (Å²) >= 11 is 11.7. The maximum absolute atomic E-state index is 12.3. The van der Waals surface area contributed by atoms with Crippen molar-refractivity contribution in [1.82, 2.24) is 4.72 Å². The molecule has 5 nitrogen and oxygen atoms in total. The molecule has 0 atom stereocenters. The van der Waals surface area contributed by atoms with Gasteiger partial charge in [0.15, 0.2) is 0 Å². The van der Waals surface area contributed by atoms with Crippen LogP contribution in [0.5, 0.6) is 0 Å². The molecule has 1 aliphatic rings. The lowest BCUT2D eigenvalue weighted by Crippen LogP contribution is -2.41. The van der Waals surface area contributed by atoms with Crippen LogP contribution in [-0.2, 0) is 14.8 Å². The van der Waals surface area contributed by atoms with E-state index in [2.05, 4.69) is 4.72 Å². The van der Waals surface area contributed by atoms with Crippen LogP contribution in [0.25, 0.3) is 0 Å². The summed E-state index contributed by atoms with van der Waals surface area (Å²) in [5, 5.41) is 9.41. The molecule has 0 aliphatic heterocycles. The third-order valence-corrected chi connectivity index (χ3v) is 6.20. The Labute approximate surface area is 133 Å². The minimum Gasteiger partial charge on any atom is -0.481 e. The molecule has 0 heterocycles. The summed E-state index contributed by atoms with van der Waals surface area (Å²) in [6, 6.07) is 4.29. The monoisotopic (exact) mass is 351 g/mol. The SMILES string of the molecule is O=C(O)C1(CNS(=O)(=O)c2cccc(Cl)c2Cl)CCCC1. The molecule has 0 unspecified atom stereocenters. The summed E-state index contributed by atoms with van der Waals surface area (Å²) in [6.45, 7) is -0.145. The number of rotatable bonds is 5. The number of benzene rings is 1. The maximum Gasteiger partial charge on any atom is 0.310 e. The Morgan fingerprint density at radius 1 is 1.29 bits per heavy atom. The van der Waals surface area contributed by atoms with E-state index >= 15 is 0 Å². The number of carbonyl (C=O) groups is 1. The quantitative estimate of drug-likeness (QED) is 0.854. The molecule has 1 saturated carbocycles. The van der Waals surface area contributed by atoms with E-state index < -0.39 is 21.4 Å². The fraction of sp³-hybridized carbons (Fsp3) is 0.462. The lowest BCUT2D eigenvalue weighted by Gasteiger charge is -2.24. The molecule has 2 rings (SSSR count). The number of halogens is 2. The van der Waals surface area contributed by atoms with Crippen LogP contribution in [0, 0.1) is 5.41 Å². The molecule has 0 radical (unpaired) electrons. The minimum absolute atomic E-state index is 0.0672. The van der Waals surface area contributed by atoms with E-state index in [-0.39, 0.29) is 21.5 Å². The van der Waals surface area contributed by atoms with Crippen molar-refractivity contribution >= 4 is 39.2 Å². The normalized spacial score (nSPS) is 17.8. The van der Waals surface area contributed by atoms with Gasteiger partial charge < -0.3 is 5.11 Å². The summed E-state index contributed by atoms with van der Waals surface area (Å²) in [4.78, 5) is 11.3. The van der Waals surface area contributed by atoms with Crippen molar-refractivity contribution in [3.63, 3.8) is 0 Å². The Bertz CT molecular complexity index is 654. The van der Waals surface area contributed by atoms with Crippen molar-refractivity contribution in [3.05, 3.63) is 28.2 Å². The van der Waals surface area contributed by atoms with Crippen LogP contribution >= 0.6 is 23.2 Å². The molecule has 0 spiro atoms. The first-order valence-electron chi connectivity index (χ1n) is 6.46. The van der Waals surface area contributed by atoms with Crippen molar-refractivity contribution < 1.29 is 18.3 Å². The lowest BCUT2D eigenvalue weighted by atomic mass is 9.87. The average molecular weight is 352 g/mol. The van der Waals surface area contributed by atoms with Gasteiger partial charge in [-0.2, -0.15) is 0 Å². The van der Waals surface area contributed by atoms with E-state index in [0.717, 1.165) is 12.8 Å². The van der Waals surface area contributed by atoms with Gasteiger partial charge in [-0.3, -0.25) is 4.79 Å². The molecular formula is C13H15Cl2NO4S. The van der Waals surface area contributed by atoms with E-state index in [4.69, 9.17) is 23.2 Å². The van der Waals surface area contributed by atoms with Gasteiger partial charge in [-0.1, -0.05) is 42.1 Å². The number of carboxylic acid groups (broad SMARTS) is 1. The van der Waals surface area contributed by atoms with E-state index in [0.29, 0.717) is 12.8 Å². The Balaban J connectivity index is 2.22. The molecule has 2 N–H and O–H groups in total. The number of nitrogens with one attached hydrogen (secondary N) is 1. The highest BCUT2D eigenvalue weighted by molar-refractivity contribution is 7.89. The van der Waals surface area contributed by atoms with Gasteiger partial charge in [-0.05, 0) is 25.0 Å². The molecule has 8 heteroatoms. The smallest absolute Gasteiger partial charge is 0.310 e. The highest BCUT2D eigenvalue weighted by Gasteiger charge is 2.42. The standard InChI is InChI=1S/C13H15Cl2NO4S/c14-9-4-3-5-10(11(9)15)21(19,20)16-8-13(12(17)18)6-1-2-7-13/h3-5,16H,1-2,6-8H2,(H,17,18). The number of carboxylic acids is 1. The molecule has 116 valence electrons. The fourth-order valence-electron chi connectivity index (χ4n) is 2.52. The molecule has 1 aliphatic carbocycles. The largest absolute Gasteiger partial charge is 0.481 e. The second-order valence-corrected chi connectivity index (χ2v) is 7.69. The number of hydrogen-bond donors (Lipinski definition) is 2. The van der Waals surface area contributed by atoms with Crippen molar-refractivity contribution in [3.8, 4) is 0 Å². The Hall–Kier alpha value is -0.820. The maximum atomic E-state index is 12.3. The number of hydrogen-bond acceptors (Lipinski definition) is 3. The van der Waals surface area contributed by atoms with Gasteiger partial charge in [0.2, 0.25) is 10.0 Å². The van der Waals surface area contributed by atoms with E-state index in [1.165, 1.54) is 18.2 Å². The Kier molecular flexibility index (Phi) is 4.82. The Morgan fingerprint density at radius 2 is 1.90 bits per heavy atom. The van der Waals surface area contributed by atoms with Crippen LogP contribution in [0.2, 0.25) is 10.0 Å². The zero-order valence-corrected chi connectivity index (χ0v) is 13.4. The lowest BCUT2D eigenvalue weighted by molar-refractivity contribution is -0.148. The second-order valence-electron chi connectivity index (χ2n) is 5.17. The van der Waals surface area contributed by atoms with Crippen molar-refractivity contribution in [2.24, 2.45) is 5.41 Å². The summed E-state index contributed by atoms with van der Waals surface area (Å²) in [5.41, 5.74) is -1.03. The molecule has 0 bridgehead atoms. The molecule has 0 amide bonds. The first kappa shape index (κ1) is 16.5. The minimum atomic E-state index is -3.90. The summed E-state index contributed by atoms with van der Waals surface area (Å²) in [5.74, 6) is -0.972. The number of aliphatic carboxylic acids is 1. The average Bonchev–Trinajstić information content (AvgIpc) is 2.90. The summed E-state index contributed by atoms with van der Waals surface area (Å²) < 4.78 is 26.9. The topological polar surface area (TPSA) is 83.5 Å². The predicted molar refractivity (Wildman–Crippen MR) is 80.2 cm³/mol. The fourth-order valence-corrected chi connectivity index (χ4v) is 4.41. The van der Waals surface area contributed by atoms with Crippen LogP contribution < -0.4 is 4.72 Å². The van der Waals surface area contributed by atoms with Crippen LogP contribution in [-0.4, -0.2) is 26.0 Å². The molecule has 1 aromatic rings. The molecule has 1 fully saturated rings. The van der Waals surface area contributed by atoms with E-state index in [1.807, 2.05) is 0 Å². The van der Waals surface area contributed by atoms with Crippen LogP contribution in [0.4, 0.5) is 0 Å². The third-order valence-electron chi connectivity index (χ3n) is 3.82. The van der Waals surface area contributed by atoms with Crippen molar-refractivity contribution in [1.29, 1.82) is 0 Å². The molecule has 21 heavy (non-hydrogen) atoms. The van der Waals surface area contributed by atoms with Crippen LogP contribution in [0.1, 0.15) is 25.7 Å². The van der Waals surface area contributed by atoms with Crippen LogP contribution in [0.3, 0.4) is 0 Å². The van der Waals surface area contributed by atoms with Gasteiger partial charge in [0.1, 0.15) is 4.90 Å². The van der Waals surface area contributed by atoms with Gasteiger partial charge in [0.25, 0.3) is 0 Å². The van der Waals surface area contributed by atoms with Gasteiger partial charge in [0, 0.05) is 6.54 Å². The molecule has 1 aromatic carbocycles. The van der Waals surface area contributed by atoms with Crippen molar-refractivity contribution in [2.45, 2.75) is 30.6 Å². The summed E-state index contributed by atoms with van der Waals surface area (Å²) in [7, 11) is -3.90. The second kappa shape index (κ2) is 6.12. The molecule has 0 saturated heterocycles. The highest BCUT2D eigenvalue weighted by atomic mass is 35.5. The van der Waals surface area contributed by atoms with E-state index in [1.54, 1.807) is 0 Å². The first-order chi connectivity index (χ1) is 9.78. The Morgan fingerprint density at radius 3 is 2.48 bits per heavy atom. The van der Waals surface area contributed by atoms with Gasteiger partial charge in [-0.15, -0.1) is 0 Å². The van der Waals surface area contributed by atoms with Gasteiger partial charge in [-0.25, -0.2) is 13.1 Å². The molecular weight excluding hydrogens is 337 g/mol. The third kappa shape index (κ3) is 3.34. The van der Waals surface area contributed by atoms with Gasteiger partial charge >= 0.3 is 5.97 Å². The predicted octanol–water partition coefficient (Wildman–Crippen LogP) is 2.92.